The van der Waals surface area contributed by atoms with Crippen LogP contribution in [0.3, 0.4) is 0 Å². The molecular weight excluding hydrogens is 261 g/mol. The molecule has 0 aromatic heterocycles. The number of ether oxygens (including phenoxy) is 2. The molecule has 0 fully saturated rings. The van der Waals surface area contributed by atoms with E-state index < -0.39 is 0 Å². The highest BCUT2D eigenvalue weighted by molar-refractivity contribution is 5.94. The molecule has 20 heavy (non-hydrogen) atoms. The Balaban J connectivity index is 2.93. The Labute approximate surface area is 119 Å². The van der Waals surface area contributed by atoms with Gasteiger partial charge in [0.2, 0.25) is 0 Å². The molecule has 0 N–H and O–H groups in total. The van der Waals surface area contributed by atoms with Crippen molar-refractivity contribution in [1.29, 1.82) is 0 Å². The molecule has 5 heteroatoms. The van der Waals surface area contributed by atoms with Crippen LogP contribution in [0.5, 0.6) is 0 Å². The van der Waals surface area contributed by atoms with E-state index in [2.05, 4.69) is 0 Å². The fourth-order valence-electron chi connectivity index (χ4n) is 1.99. The van der Waals surface area contributed by atoms with Gasteiger partial charge in [0.05, 0.1) is 19.3 Å². The van der Waals surface area contributed by atoms with E-state index in [-0.39, 0.29) is 17.8 Å². The Hall–Kier alpha value is -1.46. The molecule has 0 spiro atoms. The van der Waals surface area contributed by atoms with Gasteiger partial charge < -0.3 is 14.4 Å². The Morgan fingerprint density at radius 2 is 2.05 bits per heavy atom. The van der Waals surface area contributed by atoms with Crippen molar-refractivity contribution in [3.05, 3.63) is 35.1 Å². The average Bonchev–Trinajstić information content (AvgIpc) is 2.42. The third-order valence-electron chi connectivity index (χ3n) is 3.14. The summed E-state index contributed by atoms with van der Waals surface area (Å²) in [5, 5.41) is 0. The summed E-state index contributed by atoms with van der Waals surface area (Å²) < 4.78 is 23.4. The van der Waals surface area contributed by atoms with Crippen LogP contribution >= 0.6 is 0 Å². The van der Waals surface area contributed by atoms with E-state index in [1.54, 1.807) is 32.1 Å². The van der Waals surface area contributed by atoms with Crippen LogP contribution in [0.25, 0.3) is 0 Å². The van der Waals surface area contributed by atoms with E-state index in [0.29, 0.717) is 30.9 Å². The minimum absolute atomic E-state index is 0.0759. The second-order valence-corrected chi connectivity index (χ2v) is 4.76. The molecule has 1 amide bonds. The summed E-state index contributed by atoms with van der Waals surface area (Å²) in [6.07, 6.45) is 0. The number of hydrogen-bond acceptors (Lipinski definition) is 3. The Morgan fingerprint density at radius 3 is 2.60 bits per heavy atom. The van der Waals surface area contributed by atoms with Gasteiger partial charge in [0.15, 0.2) is 0 Å². The van der Waals surface area contributed by atoms with E-state index in [1.165, 1.54) is 12.1 Å². The van der Waals surface area contributed by atoms with Gasteiger partial charge in [-0.05, 0) is 37.6 Å². The average molecular weight is 283 g/mol. The van der Waals surface area contributed by atoms with Gasteiger partial charge in [0.1, 0.15) is 5.82 Å². The van der Waals surface area contributed by atoms with Crippen molar-refractivity contribution in [2.75, 3.05) is 34.0 Å². The van der Waals surface area contributed by atoms with E-state index in [1.807, 2.05) is 6.92 Å². The van der Waals surface area contributed by atoms with Gasteiger partial charge in [-0.3, -0.25) is 4.79 Å². The molecule has 0 aliphatic heterocycles. The number of methoxy groups -OCH3 is 2. The summed E-state index contributed by atoms with van der Waals surface area (Å²) in [6, 6.07) is 4.31. The Bertz CT molecular complexity index is 451. The normalized spacial score (nSPS) is 12.2. The molecule has 1 atom stereocenters. The first kappa shape index (κ1) is 16.6. The largest absolute Gasteiger partial charge is 0.383 e. The lowest BCUT2D eigenvalue weighted by Crippen LogP contribution is -2.43. The first-order chi connectivity index (χ1) is 9.51. The number of amides is 1. The first-order valence-electron chi connectivity index (χ1n) is 6.56. The van der Waals surface area contributed by atoms with Crippen molar-refractivity contribution in [1.82, 2.24) is 4.90 Å². The van der Waals surface area contributed by atoms with Crippen molar-refractivity contribution in [3.8, 4) is 0 Å². The molecule has 0 aliphatic carbocycles. The van der Waals surface area contributed by atoms with Crippen LogP contribution in [0.1, 0.15) is 22.8 Å². The zero-order valence-electron chi connectivity index (χ0n) is 12.5. The van der Waals surface area contributed by atoms with Gasteiger partial charge >= 0.3 is 0 Å². The first-order valence-corrected chi connectivity index (χ1v) is 6.56. The van der Waals surface area contributed by atoms with Crippen LogP contribution < -0.4 is 0 Å². The predicted molar refractivity (Wildman–Crippen MR) is 75.4 cm³/mol. The van der Waals surface area contributed by atoms with Gasteiger partial charge in [0.25, 0.3) is 5.91 Å². The van der Waals surface area contributed by atoms with Crippen LogP contribution in [0, 0.1) is 12.7 Å². The van der Waals surface area contributed by atoms with E-state index in [4.69, 9.17) is 9.47 Å². The molecule has 112 valence electrons. The van der Waals surface area contributed by atoms with E-state index >= 15 is 0 Å². The molecule has 4 nitrogen and oxygen atoms in total. The minimum atomic E-state index is -0.310. The van der Waals surface area contributed by atoms with Gasteiger partial charge in [0, 0.05) is 26.3 Å². The number of hydrogen-bond donors (Lipinski definition) is 0. The van der Waals surface area contributed by atoms with E-state index in [0.717, 1.165) is 0 Å². The molecule has 0 saturated heterocycles. The molecule has 0 aliphatic rings. The zero-order chi connectivity index (χ0) is 15.1. The maximum Gasteiger partial charge on any atom is 0.254 e. The number of carbonyl (C=O) groups excluding carboxylic acids is 1. The number of halogens is 1. The number of nitrogens with zero attached hydrogens (tertiary/aromatic N) is 1. The second-order valence-electron chi connectivity index (χ2n) is 4.76. The summed E-state index contributed by atoms with van der Waals surface area (Å²) >= 11 is 0. The van der Waals surface area contributed by atoms with Crippen molar-refractivity contribution in [3.63, 3.8) is 0 Å². The Kier molecular flexibility index (Phi) is 6.61. The summed E-state index contributed by atoms with van der Waals surface area (Å²) in [5.74, 6) is -0.454. The van der Waals surface area contributed by atoms with Crippen LogP contribution in [0.4, 0.5) is 4.39 Å². The predicted octanol–water partition coefficient (Wildman–Crippen LogP) is 2.26. The summed E-state index contributed by atoms with van der Waals surface area (Å²) in [4.78, 5) is 14.2. The highest BCUT2D eigenvalue weighted by Gasteiger charge is 2.21. The van der Waals surface area contributed by atoms with Gasteiger partial charge in [-0.2, -0.15) is 0 Å². The lowest BCUT2D eigenvalue weighted by Gasteiger charge is -2.28. The molecule has 0 radical (unpaired) electrons. The summed E-state index contributed by atoms with van der Waals surface area (Å²) in [5.41, 5.74) is 0.935. The Morgan fingerprint density at radius 1 is 1.35 bits per heavy atom. The van der Waals surface area contributed by atoms with E-state index in [9.17, 15) is 9.18 Å². The number of aryl methyl sites for hydroxylation is 1. The quantitative estimate of drug-likeness (QED) is 0.770. The summed E-state index contributed by atoms with van der Waals surface area (Å²) in [6.45, 7) is 4.91. The third-order valence-corrected chi connectivity index (χ3v) is 3.14. The fourth-order valence-corrected chi connectivity index (χ4v) is 1.99. The van der Waals surface area contributed by atoms with Crippen molar-refractivity contribution >= 4 is 5.91 Å². The standard InChI is InChI=1S/C15H22FNO3/c1-11-9-13(5-6-14(11)16)15(18)17(7-8-19-3)12(2)10-20-4/h5-6,9,12H,7-8,10H2,1-4H3. The highest BCUT2D eigenvalue weighted by Crippen LogP contribution is 2.13. The van der Waals surface area contributed by atoms with Crippen LogP contribution in [0.15, 0.2) is 18.2 Å². The maximum absolute atomic E-state index is 13.3. The monoisotopic (exact) mass is 283 g/mol. The molecule has 0 bridgehead atoms. The van der Waals surface area contributed by atoms with Crippen LogP contribution in [-0.2, 0) is 9.47 Å². The molecule has 0 saturated carbocycles. The van der Waals surface area contributed by atoms with Crippen LogP contribution in [-0.4, -0.2) is 50.8 Å². The molecule has 1 aromatic rings. The lowest BCUT2D eigenvalue weighted by molar-refractivity contribution is 0.0479. The molecule has 0 heterocycles. The van der Waals surface area contributed by atoms with Crippen molar-refractivity contribution < 1.29 is 18.7 Å². The third kappa shape index (κ3) is 4.28. The molecule has 1 aromatic carbocycles. The SMILES string of the molecule is COCCN(C(=O)c1ccc(F)c(C)c1)C(C)COC. The van der Waals surface area contributed by atoms with Crippen molar-refractivity contribution in [2.24, 2.45) is 0 Å². The van der Waals surface area contributed by atoms with Crippen molar-refractivity contribution in [2.45, 2.75) is 19.9 Å². The summed E-state index contributed by atoms with van der Waals surface area (Å²) in [7, 11) is 3.18. The number of benzene rings is 1. The number of carbonyl (C=O) groups is 1. The lowest BCUT2D eigenvalue weighted by atomic mass is 10.1. The smallest absolute Gasteiger partial charge is 0.254 e. The van der Waals surface area contributed by atoms with Gasteiger partial charge in [-0.15, -0.1) is 0 Å². The number of rotatable bonds is 7. The fraction of sp³-hybridized carbons (Fsp3) is 0.533. The van der Waals surface area contributed by atoms with Gasteiger partial charge in [-0.25, -0.2) is 4.39 Å². The minimum Gasteiger partial charge on any atom is -0.383 e. The zero-order valence-corrected chi connectivity index (χ0v) is 12.5. The molecule has 1 rings (SSSR count). The highest BCUT2D eigenvalue weighted by atomic mass is 19.1. The van der Waals surface area contributed by atoms with Gasteiger partial charge in [-0.1, -0.05) is 0 Å². The maximum atomic E-state index is 13.3. The topological polar surface area (TPSA) is 38.8 Å². The molecule has 1 unspecified atom stereocenters. The van der Waals surface area contributed by atoms with Crippen LogP contribution in [0.2, 0.25) is 0 Å². The molecular formula is C15H22FNO3. The second kappa shape index (κ2) is 7.97.